The summed E-state index contributed by atoms with van der Waals surface area (Å²) in [5, 5.41) is 0. The normalized spacial score (nSPS) is 11.0. The Kier molecular flexibility index (Phi) is 12.0. The van der Waals surface area contributed by atoms with E-state index in [1.165, 1.54) is 17.2 Å². The molecule has 0 aliphatic heterocycles. The molecule has 0 aliphatic carbocycles. The van der Waals surface area contributed by atoms with Crippen LogP contribution in [0.4, 0.5) is 0 Å². The third kappa shape index (κ3) is 9.56. The Morgan fingerprint density at radius 2 is 1.75 bits per heavy atom. The van der Waals surface area contributed by atoms with Gasteiger partial charge in [-0.15, -0.1) is 0 Å². The van der Waals surface area contributed by atoms with E-state index in [1.807, 2.05) is 31.2 Å². The smallest absolute Gasteiger partial charge is 0.330 e. The SMILES string of the molecule is CCCCOc1cc(/C=C/C(=O)OCCOCC)ccc1CCCc1ccc(OC)cc1. The molecule has 0 aromatic heterocycles. The van der Waals surface area contributed by atoms with Gasteiger partial charge in [0.1, 0.15) is 18.1 Å². The highest BCUT2D eigenvalue weighted by atomic mass is 16.6. The average Bonchev–Trinajstić information content (AvgIpc) is 2.82. The molecule has 0 bridgehead atoms. The van der Waals surface area contributed by atoms with Gasteiger partial charge in [-0.3, -0.25) is 0 Å². The number of carbonyl (C=O) groups is 1. The van der Waals surface area contributed by atoms with Crippen LogP contribution in [0.25, 0.3) is 6.08 Å². The van der Waals surface area contributed by atoms with E-state index in [0.29, 0.717) is 19.8 Å². The van der Waals surface area contributed by atoms with Gasteiger partial charge in [0.2, 0.25) is 0 Å². The van der Waals surface area contributed by atoms with E-state index in [4.69, 9.17) is 18.9 Å². The summed E-state index contributed by atoms with van der Waals surface area (Å²) >= 11 is 0. The zero-order valence-corrected chi connectivity index (χ0v) is 19.6. The minimum Gasteiger partial charge on any atom is -0.497 e. The Labute approximate surface area is 192 Å². The molecule has 0 saturated heterocycles. The molecule has 32 heavy (non-hydrogen) atoms. The summed E-state index contributed by atoms with van der Waals surface area (Å²) in [6, 6.07) is 14.3. The van der Waals surface area contributed by atoms with Crippen molar-refractivity contribution in [2.45, 2.75) is 46.0 Å². The summed E-state index contributed by atoms with van der Waals surface area (Å²) in [6.07, 6.45) is 8.25. The van der Waals surface area contributed by atoms with Gasteiger partial charge < -0.3 is 18.9 Å². The number of rotatable bonds is 15. The van der Waals surface area contributed by atoms with E-state index >= 15 is 0 Å². The lowest BCUT2D eigenvalue weighted by Crippen LogP contribution is -2.08. The first-order chi connectivity index (χ1) is 15.7. The molecule has 5 nitrogen and oxygen atoms in total. The highest BCUT2D eigenvalue weighted by Crippen LogP contribution is 2.24. The molecule has 0 heterocycles. The fraction of sp³-hybridized carbons (Fsp3) is 0.444. The second kappa shape index (κ2) is 15.1. The second-order valence-corrected chi connectivity index (χ2v) is 7.47. The summed E-state index contributed by atoms with van der Waals surface area (Å²) in [7, 11) is 1.68. The van der Waals surface area contributed by atoms with E-state index in [1.54, 1.807) is 13.2 Å². The fourth-order valence-electron chi connectivity index (χ4n) is 3.18. The van der Waals surface area contributed by atoms with E-state index in [0.717, 1.165) is 49.2 Å². The molecule has 0 fully saturated rings. The van der Waals surface area contributed by atoms with E-state index in [9.17, 15) is 4.79 Å². The van der Waals surface area contributed by atoms with Gasteiger partial charge in [0.15, 0.2) is 0 Å². The van der Waals surface area contributed by atoms with Crippen molar-refractivity contribution in [1.82, 2.24) is 0 Å². The van der Waals surface area contributed by atoms with Gasteiger partial charge in [0, 0.05) is 12.7 Å². The lowest BCUT2D eigenvalue weighted by Gasteiger charge is -2.13. The molecular weight excluding hydrogens is 404 g/mol. The maximum Gasteiger partial charge on any atom is 0.330 e. The number of ether oxygens (including phenoxy) is 4. The third-order valence-electron chi connectivity index (χ3n) is 5.01. The molecule has 2 aromatic carbocycles. The molecule has 0 saturated carbocycles. The van der Waals surface area contributed by atoms with E-state index in [-0.39, 0.29) is 12.6 Å². The molecule has 174 valence electrons. The number of hydrogen-bond acceptors (Lipinski definition) is 5. The topological polar surface area (TPSA) is 54.0 Å². The molecule has 0 aliphatic rings. The number of methoxy groups -OCH3 is 1. The van der Waals surface area contributed by atoms with Gasteiger partial charge in [-0.2, -0.15) is 0 Å². The number of esters is 1. The fourth-order valence-corrected chi connectivity index (χ4v) is 3.18. The Hall–Kier alpha value is -2.79. The summed E-state index contributed by atoms with van der Waals surface area (Å²) in [5.41, 5.74) is 3.39. The van der Waals surface area contributed by atoms with Gasteiger partial charge in [0.05, 0.1) is 20.3 Å². The molecule has 0 unspecified atom stereocenters. The Balaban J connectivity index is 1.96. The van der Waals surface area contributed by atoms with Gasteiger partial charge in [-0.25, -0.2) is 4.79 Å². The summed E-state index contributed by atoms with van der Waals surface area (Å²) in [5.74, 6) is 1.39. The summed E-state index contributed by atoms with van der Waals surface area (Å²) in [4.78, 5) is 11.9. The monoisotopic (exact) mass is 440 g/mol. The second-order valence-electron chi connectivity index (χ2n) is 7.47. The van der Waals surface area contributed by atoms with E-state index < -0.39 is 0 Å². The van der Waals surface area contributed by atoms with Crippen molar-refractivity contribution >= 4 is 12.0 Å². The van der Waals surface area contributed by atoms with Crippen molar-refractivity contribution in [3.63, 3.8) is 0 Å². The average molecular weight is 441 g/mol. The van der Waals surface area contributed by atoms with Crippen LogP contribution < -0.4 is 9.47 Å². The van der Waals surface area contributed by atoms with Crippen LogP contribution in [-0.4, -0.2) is 39.5 Å². The minimum absolute atomic E-state index is 0.259. The first-order valence-corrected chi connectivity index (χ1v) is 11.5. The van der Waals surface area contributed by atoms with Gasteiger partial charge in [-0.1, -0.05) is 37.6 Å². The molecule has 0 radical (unpaired) electrons. The van der Waals surface area contributed by atoms with Crippen molar-refractivity contribution in [1.29, 1.82) is 0 Å². The van der Waals surface area contributed by atoms with Crippen LogP contribution in [0.2, 0.25) is 0 Å². The molecule has 0 N–H and O–H groups in total. The van der Waals surface area contributed by atoms with E-state index in [2.05, 4.69) is 25.1 Å². The zero-order valence-electron chi connectivity index (χ0n) is 19.6. The largest absolute Gasteiger partial charge is 0.497 e. The lowest BCUT2D eigenvalue weighted by atomic mass is 10.0. The quantitative estimate of drug-likeness (QED) is 0.204. The first-order valence-electron chi connectivity index (χ1n) is 11.5. The first kappa shape index (κ1) is 25.5. The minimum atomic E-state index is -0.373. The molecule has 2 aromatic rings. The predicted octanol–water partition coefficient (Wildman–Crippen LogP) is 5.64. The van der Waals surface area contributed by atoms with Gasteiger partial charge in [-0.05, 0) is 73.6 Å². The van der Waals surface area contributed by atoms with Crippen molar-refractivity contribution in [3.8, 4) is 11.5 Å². The van der Waals surface area contributed by atoms with Crippen LogP contribution in [0, 0.1) is 0 Å². The predicted molar refractivity (Wildman–Crippen MR) is 128 cm³/mol. The number of aryl methyl sites for hydroxylation is 2. The van der Waals surface area contributed by atoms with Crippen molar-refractivity contribution in [2.24, 2.45) is 0 Å². The molecule has 5 heteroatoms. The standard InChI is InChI=1S/C27H36O5/c1-4-6-18-31-26-21-23(13-17-27(28)32-20-19-30-5-2)10-14-24(26)9-7-8-22-11-15-25(29-3)16-12-22/h10-17,21H,4-9,18-20H2,1-3H3/b17-13+. The molecule has 2 rings (SSSR count). The highest BCUT2D eigenvalue weighted by molar-refractivity contribution is 5.87. The van der Waals surface area contributed by atoms with Crippen molar-refractivity contribution in [3.05, 3.63) is 65.2 Å². The Bertz CT molecular complexity index is 826. The highest BCUT2D eigenvalue weighted by Gasteiger charge is 2.06. The number of unbranched alkanes of at least 4 members (excludes halogenated alkanes) is 1. The lowest BCUT2D eigenvalue weighted by molar-refractivity contribution is -0.139. The van der Waals surface area contributed by atoms with Crippen LogP contribution in [0.15, 0.2) is 48.5 Å². The Morgan fingerprint density at radius 1 is 0.938 bits per heavy atom. The van der Waals surface area contributed by atoms with Crippen LogP contribution in [0.3, 0.4) is 0 Å². The van der Waals surface area contributed by atoms with Crippen LogP contribution in [0.5, 0.6) is 11.5 Å². The van der Waals surface area contributed by atoms with Gasteiger partial charge >= 0.3 is 5.97 Å². The third-order valence-corrected chi connectivity index (χ3v) is 5.01. The Morgan fingerprint density at radius 3 is 2.47 bits per heavy atom. The van der Waals surface area contributed by atoms with Crippen molar-refractivity contribution in [2.75, 3.05) is 33.5 Å². The van der Waals surface area contributed by atoms with Crippen molar-refractivity contribution < 1.29 is 23.7 Å². The van der Waals surface area contributed by atoms with Gasteiger partial charge in [0.25, 0.3) is 0 Å². The zero-order chi connectivity index (χ0) is 23.0. The van der Waals surface area contributed by atoms with Crippen LogP contribution in [0.1, 0.15) is 49.8 Å². The molecule has 0 amide bonds. The number of carbonyl (C=O) groups excluding carboxylic acids is 1. The number of benzene rings is 2. The molecule has 0 atom stereocenters. The molecule has 0 spiro atoms. The maximum absolute atomic E-state index is 11.9. The summed E-state index contributed by atoms with van der Waals surface area (Å²) < 4.78 is 21.6. The number of hydrogen-bond donors (Lipinski definition) is 0. The van der Waals surface area contributed by atoms with Crippen LogP contribution >= 0.6 is 0 Å². The maximum atomic E-state index is 11.9. The van der Waals surface area contributed by atoms with Crippen LogP contribution in [-0.2, 0) is 27.1 Å². The molecular formula is C27H36O5. The summed E-state index contributed by atoms with van der Waals surface area (Å²) in [6.45, 7) is 6.03.